The van der Waals surface area contributed by atoms with Crippen LogP contribution in [0, 0.1) is 0 Å². The lowest BCUT2D eigenvalue weighted by Gasteiger charge is -2.15. The van der Waals surface area contributed by atoms with Crippen molar-refractivity contribution in [1.29, 1.82) is 0 Å². The number of fused-ring (bicyclic) bond motifs is 1. The Labute approximate surface area is 124 Å². The normalized spacial score (nSPS) is 15.1. The van der Waals surface area contributed by atoms with E-state index < -0.39 is 0 Å². The molecule has 1 aliphatic heterocycles. The minimum Gasteiger partial charge on any atom is -0.497 e. The van der Waals surface area contributed by atoms with Crippen LogP contribution in [-0.4, -0.2) is 20.3 Å². The zero-order valence-electron chi connectivity index (χ0n) is 12.0. The second-order valence-electron chi connectivity index (χ2n) is 5.01. The van der Waals surface area contributed by atoms with Gasteiger partial charge in [-0.25, -0.2) is 0 Å². The molecule has 0 radical (unpaired) electrons. The lowest BCUT2D eigenvalue weighted by molar-refractivity contribution is 0.297. The third-order valence-electron chi connectivity index (χ3n) is 3.61. The molecule has 110 valence electrons. The van der Waals surface area contributed by atoms with Gasteiger partial charge in [0.1, 0.15) is 5.75 Å². The van der Waals surface area contributed by atoms with Crippen molar-refractivity contribution < 1.29 is 14.2 Å². The molecule has 0 aromatic heterocycles. The Morgan fingerprint density at radius 3 is 2.33 bits per heavy atom. The van der Waals surface area contributed by atoms with Gasteiger partial charge in [-0.15, -0.1) is 0 Å². The fraction of sp³-hybridized carbons (Fsp3) is 0.294. The monoisotopic (exact) mass is 285 g/mol. The van der Waals surface area contributed by atoms with Crippen molar-refractivity contribution in [2.75, 3.05) is 20.3 Å². The maximum absolute atomic E-state index is 6.34. The minimum atomic E-state index is -0.201. The van der Waals surface area contributed by atoms with Gasteiger partial charge in [-0.05, 0) is 35.4 Å². The van der Waals surface area contributed by atoms with Crippen molar-refractivity contribution in [1.82, 2.24) is 0 Å². The van der Waals surface area contributed by atoms with Gasteiger partial charge in [0.15, 0.2) is 11.5 Å². The van der Waals surface area contributed by atoms with Gasteiger partial charge in [0, 0.05) is 6.42 Å². The first kappa shape index (κ1) is 13.8. The third kappa shape index (κ3) is 2.95. The van der Waals surface area contributed by atoms with Gasteiger partial charge in [0.25, 0.3) is 0 Å². The zero-order valence-corrected chi connectivity index (χ0v) is 12.0. The lowest BCUT2D eigenvalue weighted by Crippen LogP contribution is -2.12. The zero-order chi connectivity index (χ0) is 14.7. The predicted molar refractivity (Wildman–Crippen MR) is 81.1 cm³/mol. The highest BCUT2D eigenvalue weighted by atomic mass is 16.5. The molecule has 2 aromatic carbocycles. The summed E-state index contributed by atoms with van der Waals surface area (Å²) in [5, 5.41) is 0. The van der Waals surface area contributed by atoms with Crippen LogP contribution in [-0.2, 0) is 0 Å². The molecule has 21 heavy (non-hydrogen) atoms. The molecule has 1 aliphatic rings. The summed E-state index contributed by atoms with van der Waals surface area (Å²) in [7, 11) is 1.65. The highest BCUT2D eigenvalue weighted by molar-refractivity contribution is 5.46. The predicted octanol–water partition coefficient (Wildman–Crippen LogP) is 2.90. The van der Waals surface area contributed by atoms with Crippen molar-refractivity contribution in [3.63, 3.8) is 0 Å². The summed E-state index contributed by atoms with van der Waals surface area (Å²) >= 11 is 0. The standard InChI is InChI=1S/C17H19NO3/c1-19-14-6-3-12(4-7-14)17(18)13-5-8-15-16(11-13)21-10-2-9-20-15/h3-8,11,17H,2,9-10,18H2,1H3. The van der Waals surface area contributed by atoms with E-state index in [1.165, 1.54) is 0 Å². The molecule has 3 rings (SSSR count). The van der Waals surface area contributed by atoms with Gasteiger partial charge in [0.2, 0.25) is 0 Å². The number of rotatable bonds is 3. The number of methoxy groups -OCH3 is 1. The minimum absolute atomic E-state index is 0.201. The van der Waals surface area contributed by atoms with Crippen molar-refractivity contribution in [3.05, 3.63) is 53.6 Å². The van der Waals surface area contributed by atoms with Crippen LogP contribution in [0.5, 0.6) is 17.2 Å². The van der Waals surface area contributed by atoms with Crippen molar-refractivity contribution in [3.8, 4) is 17.2 Å². The number of nitrogens with two attached hydrogens (primary N) is 1. The second kappa shape index (κ2) is 6.06. The summed E-state index contributed by atoms with van der Waals surface area (Å²) in [4.78, 5) is 0. The molecule has 1 atom stereocenters. The number of ether oxygens (including phenoxy) is 3. The number of benzene rings is 2. The first-order valence-electron chi connectivity index (χ1n) is 7.07. The molecular weight excluding hydrogens is 266 g/mol. The topological polar surface area (TPSA) is 53.7 Å². The van der Waals surface area contributed by atoms with Crippen LogP contribution in [0.2, 0.25) is 0 Å². The molecular formula is C17H19NO3. The SMILES string of the molecule is COc1ccc(C(N)c2ccc3c(c2)OCCCO3)cc1. The maximum Gasteiger partial charge on any atom is 0.161 e. The first-order chi connectivity index (χ1) is 10.3. The van der Waals surface area contributed by atoms with Crippen LogP contribution in [0.4, 0.5) is 0 Å². The molecule has 2 aromatic rings. The van der Waals surface area contributed by atoms with Crippen LogP contribution in [0.15, 0.2) is 42.5 Å². The molecule has 2 N–H and O–H groups in total. The Morgan fingerprint density at radius 2 is 1.62 bits per heavy atom. The summed E-state index contributed by atoms with van der Waals surface area (Å²) < 4.78 is 16.5. The second-order valence-corrected chi connectivity index (χ2v) is 5.01. The quantitative estimate of drug-likeness (QED) is 0.942. The fourth-order valence-electron chi connectivity index (χ4n) is 2.38. The Balaban J connectivity index is 1.86. The Morgan fingerprint density at radius 1 is 0.952 bits per heavy atom. The van der Waals surface area contributed by atoms with E-state index in [0.29, 0.717) is 13.2 Å². The summed E-state index contributed by atoms with van der Waals surface area (Å²) in [6.07, 6.45) is 0.897. The molecule has 0 amide bonds. The summed E-state index contributed by atoms with van der Waals surface area (Å²) in [5.74, 6) is 2.39. The number of hydrogen-bond acceptors (Lipinski definition) is 4. The van der Waals surface area contributed by atoms with Gasteiger partial charge in [-0.3, -0.25) is 0 Å². The van der Waals surface area contributed by atoms with Crippen molar-refractivity contribution in [2.24, 2.45) is 5.73 Å². The highest BCUT2D eigenvalue weighted by Crippen LogP contribution is 2.33. The van der Waals surface area contributed by atoms with Gasteiger partial charge >= 0.3 is 0 Å². The average Bonchev–Trinajstić information content (AvgIpc) is 2.79. The van der Waals surface area contributed by atoms with E-state index in [1.807, 2.05) is 42.5 Å². The molecule has 0 saturated carbocycles. The van der Waals surface area contributed by atoms with Crippen LogP contribution in [0.1, 0.15) is 23.6 Å². The number of hydrogen-bond donors (Lipinski definition) is 1. The van der Waals surface area contributed by atoms with Crippen molar-refractivity contribution >= 4 is 0 Å². The first-order valence-corrected chi connectivity index (χ1v) is 7.07. The molecule has 0 spiro atoms. The molecule has 0 aliphatic carbocycles. The lowest BCUT2D eigenvalue weighted by atomic mass is 9.99. The van der Waals surface area contributed by atoms with Crippen LogP contribution >= 0.6 is 0 Å². The van der Waals surface area contributed by atoms with E-state index in [9.17, 15) is 0 Å². The van der Waals surface area contributed by atoms with E-state index >= 15 is 0 Å². The highest BCUT2D eigenvalue weighted by Gasteiger charge is 2.15. The van der Waals surface area contributed by atoms with Crippen LogP contribution in [0.3, 0.4) is 0 Å². The molecule has 0 bridgehead atoms. The summed E-state index contributed by atoms with van der Waals surface area (Å²) in [6.45, 7) is 1.37. The Hall–Kier alpha value is -2.20. The van der Waals surface area contributed by atoms with Crippen molar-refractivity contribution in [2.45, 2.75) is 12.5 Å². The van der Waals surface area contributed by atoms with Crippen LogP contribution < -0.4 is 19.9 Å². The van der Waals surface area contributed by atoms with E-state index in [2.05, 4.69) is 0 Å². The Bertz CT molecular complexity index is 610. The smallest absolute Gasteiger partial charge is 0.161 e. The molecule has 1 heterocycles. The van der Waals surface area contributed by atoms with Gasteiger partial charge in [0.05, 0.1) is 26.4 Å². The van der Waals surface area contributed by atoms with E-state index in [1.54, 1.807) is 7.11 Å². The molecule has 4 heteroatoms. The van der Waals surface area contributed by atoms with E-state index in [4.69, 9.17) is 19.9 Å². The molecule has 0 fully saturated rings. The summed E-state index contributed by atoms with van der Waals surface area (Å²) in [6, 6.07) is 13.5. The summed E-state index contributed by atoms with van der Waals surface area (Å²) in [5.41, 5.74) is 8.38. The van der Waals surface area contributed by atoms with Gasteiger partial charge < -0.3 is 19.9 Å². The third-order valence-corrected chi connectivity index (χ3v) is 3.61. The Kier molecular flexibility index (Phi) is 3.97. The van der Waals surface area contributed by atoms with Crippen LogP contribution in [0.25, 0.3) is 0 Å². The maximum atomic E-state index is 6.34. The molecule has 0 saturated heterocycles. The average molecular weight is 285 g/mol. The molecule has 4 nitrogen and oxygen atoms in total. The van der Waals surface area contributed by atoms with Gasteiger partial charge in [-0.1, -0.05) is 18.2 Å². The fourth-order valence-corrected chi connectivity index (χ4v) is 2.38. The largest absolute Gasteiger partial charge is 0.497 e. The van der Waals surface area contributed by atoms with E-state index in [0.717, 1.165) is 34.8 Å². The van der Waals surface area contributed by atoms with Gasteiger partial charge in [-0.2, -0.15) is 0 Å². The van der Waals surface area contributed by atoms with E-state index in [-0.39, 0.29) is 6.04 Å². The molecule has 1 unspecified atom stereocenters.